The predicted octanol–water partition coefficient (Wildman–Crippen LogP) is 0.905. The van der Waals surface area contributed by atoms with Crippen molar-refractivity contribution in [2.75, 3.05) is 20.3 Å². The molecule has 5 heteroatoms. The monoisotopic (exact) mass is 229 g/mol. The smallest absolute Gasteiger partial charge is 0.0897 e. The number of methoxy groups -OCH3 is 1. The van der Waals surface area contributed by atoms with Gasteiger partial charge in [0, 0.05) is 38.2 Å². The highest BCUT2D eigenvalue weighted by Gasteiger charge is 2.02. The Hall–Kier alpha value is -0.490. The highest BCUT2D eigenvalue weighted by molar-refractivity contribution is 7.09. The standard InChI is InChI=1S/C10H19N3OS/c1-8-13-10(7-15-8)6-12-5-9(11)3-4-14-2/h7,9,12H,3-6,11H2,1-2H3. The van der Waals surface area contributed by atoms with Gasteiger partial charge in [-0.1, -0.05) is 0 Å². The van der Waals surface area contributed by atoms with Gasteiger partial charge >= 0.3 is 0 Å². The second-order valence-electron chi connectivity index (χ2n) is 3.53. The second kappa shape index (κ2) is 6.90. The first-order valence-electron chi connectivity index (χ1n) is 5.08. The first kappa shape index (κ1) is 12.6. The molecule has 1 aromatic heterocycles. The number of aromatic nitrogens is 1. The van der Waals surface area contributed by atoms with Crippen LogP contribution in [0.15, 0.2) is 5.38 Å². The summed E-state index contributed by atoms with van der Waals surface area (Å²) in [5.41, 5.74) is 6.96. The van der Waals surface area contributed by atoms with Crippen molar-refractivity contribution in [3.63, 3.8) is 0 Å². The van der Waals surface area contributed by atoms with Crippen LogP contribution in [-0.2, 0) is 11.3 Å². The van der Waals surface area contributed by atoms with Crippen LogP contribution in [-0.4, -0.2) is 31.3 Å². The summed E-state index contributed by atoms with van der Waals surface area (Å²) in [5, 5.41) is 6.47. The highest BCUT2D eigenvalue weighted by Crippen LogP contribution is 2.07. The molecule has 0 fully saturated rings. The molecular formula is C10H19N3OS. The highest BCUT2D eigenvalue weighted by atomic mass is 32.1. The molecule has 0 aliphatic heterocycles. The van der Waals surface area contributed by atoms with E-state index in [-0.39, 0.29) is 6.04 Å². The summed E-state index contributed by atoms with van der Waals surface area (Å²) in [5.74, 6) is 0. The van der Waals surface area contributed by atoms with Gasteiger partial charge in [-0.05, 0) is 13.3 Å². The van der Waals surface area contributed by atoms with Crippen molar-refractivity contribution in [2.24, 2.45) is 5.73 Å². The van der Waals surface area contributed by atoms with Gasteiger partial charge < -0.3 is 15.8 Å². The number of hydrogen-bond donors (Lipinski definition) is 2. The van der Waals surface area contributed by atoms with Crippen LogP contribution in [0.1, 0.15) is 17.1 Å². The van der Waals surface area contributed by atoms with Crippen molar-refractivity contribution in [2.45, 2.75) is 25.9 Å². The Balaban J connectivity index is 2.10. The number of thiazole rings is 1. The lowest BCUT2D eigenvalue weighted by Crippen LogP contribution is -2.34. The quantitative estimate of drug-likeness (QED) is 0.729. The van der Waals surface area contributed by atoms with Crippen LogP contribution in [0.2, 0.25) is 0 Å². The SMILES string of the molecule is COCCC(N)CNCc1csc(C)n1. The van der Waals surface area contributed by atoms with Crippen LogP contribution in [0.25, 0.3) is 0 Å². The van der Waals surface area contributed by atoms with Crippen LogP contribution in [0.5, 0.6) is 0 Å². The average molecular weight is 229 g/mol. The number of hydrogen-bond acceptors (Lipinski definition) is 5. The molecule has 3 N–H and O–H groups in total. The number of rotatable bonds is 7. The number of aryl methyl sites for hydroxylation is 1. The molecular weight excluding hydrogens is 210 g/mol. The number of nitrogens with one attached hydrogen (secondary N) is 1. The fraction of sp³-hybridized carbons (Fsp3) is 0.700. The van der Waals surface area contributed by atoms with Gasteiger partial charge in [0.1, 0.15) is 0 Å². The van der Waals surface area contributed by atoms with E-state index >= 15 is 0 Å². The molecule has 86 valence electrons. The summed E-state index contributed by atoms with van der Waals surface area (Å²) in [6.45, 7) is 4.34. The first-order valence-corrected chi connectivity index (χ1v) is 5.96. The molecule has 0 amide bonds. The Morgan fingerprint density at radius 3 is 3.07 bits per heavy atom. The lowest BCUT2D eigenvalue weighted by atomic mass is 10.2. The Bertz CT molecular complexity index is 277. The molecule has 0 aliphatic carbocycles. The molecule has 1 rings (SSSR count). The third kappa shape index (κ3) is 5.22. The number of nitrogens with zero attached hydrogens (tertiary/aromatic N) is 1. The molecule has 0 spiro atoms. The van der Waals surface area contributed by atoms with Gasteiger partial charge in [0.25, 0.3) is 0 Å². The fourth-order valence-electron chi connectivity index (χ4n) is 1.25. The minimum atomic E-state index is 0.157. The van der Waals surface area contributed by atoms with E-state index in [0.29, 0.717) is 0 Å². The van der Waals surface area contributed by atoms with Gasteiger partial charge in [0.15, 0.2) is 0 Å². The van der Waals surface area contributed by atoms with Crippen molar-refractivity contribution >= 4 is 11.3 Å². The molecule has 4 nitrogen and oxygen atoms in total. The minimum Gasteiger partial charge on any atom is -0.385 e. The predicted molar refractivity (Wildman–Crippen MR) is 63.0 cm³/mol. The maximum atomic E-state index is 5.87. The molecule has 1 heterocycles. The van der Waals surface area contributed by atoms with E-state index in [9.17, 15) is 0 Å². The molecule has 0 bridgehead atoms. The molecule has 1 unspecified atom stereocenters. The molecule has 1 atom stereocenters. The van der Waals surface area contributed by atoms with E-state index < -0.39 is 0 Å². The third-order valence-corrected chi connectivity index (χ3v) is 2.89. The normalized spacial score (nSPS) is 13.0. The fourth-order valence-corrected chi connectivity index (χ4v) is 1.86. The van der Waals surface area contributed by atoms with Crippen molar-refractivity contribution in [3.05, 3.63) is 16.1 Å². The van der Waals surface area contributed by atoms with Crippen LogP contribution >= 0.6 is 11.3 Å². The maximum absolute atomic E-state index is 5.87. The summed E-state index contributed by atoms with van der Waals surface area (Å²) < 4.78 is 4.96. The average Bonchev–Trinajstić information content (AvgIpc) is 2.61. The van der Waals surface area contributed by atoms with Gasteiger partial charge in [-0.3, -0.25) is 0 Å². The Morgan fingerprint density at radius 1 is 1.67 bits per heavy atom. The van der Waals surface area contributed by atoms with Gasteiger partial charge in [-0.25, -0.2) is 4.98 Å². The van der Waals surface area contributed by atoms with Crippen molar-refractivity contribution in [1.29, 1.82) is 0 Å². The topological polar surface area (TPSA) is 60.2 Å². The Kier molecular flexibility index (Phi) is 5.78. The van der Waals surface area contributed by atoms with E-state index in [1.807, 2.05) is 6.92 Å². The van der Waals surface area contributed by atoms with Crippen LogP contribution in [0.3, 0.4) is 0 Å². The lowest BCUT2D eigenvalue weighted by Gasteiger charge is -2.11. The van der Waals surface area contributed by atoms with Gasteiger partial charge in [-0.15, -0.1) is 11.3 Å². The molecule has 0 saturated heterocycles. The zero-order chi connectivity index (χ0) is 11.1. The summed E-state index contributed by atoms with van der Waals surface area (Å²) in [4.78, 5) is 4.36. The molecule has 15 heavy (non-hydrogen) atoms. The summed E-state index contributed by atoms with van der Waals surface area (Å²) in [6, 6.07) is 0.157. The van der Waals surface area contributed by atoms with E-state index in [1.165, 1.54) is 0 Å². The summed E-state index contributed by atoms with van der Waals surface area (Å²) in [7, 11) is 1.69. The van der Waals surface area contributed by atoms with E-state index in [4.69, 9.17) is 10.5 Å². The Labute approximate surface area is 94.8 Å². The van der Waals surface area contributed by atoms with Crippen LogP contribution < -0.4 is 11.1 Å². The number of nitrogens with two attached hydrogens (primary N) is 1. The van der Waals surface area contributed by atoms with E-state index in [1.54, 1.807) is 18.4 Å². The Morgan fingerprint density at radius 2 is 2.47 bits per heavy atom. The molecule has 0 aromatic carbocycles. The second-order valence-corrected chi connectivity index (χ2v) is 4.59. The van der Waals surface area contributed by atoms with Gasteiger partial charge in [0.2, 0.25) is 0 Å². The molecule has 0 radical (unpaired) electrons. The molecule has 0 saturated carbocycles. The van der Waals surface area contributed by atoms with Gasteiger partial charge in [-0.2, -0.15) is 0 Å². The lowest BCUT2D eigenvalue weighted by molar-refractivity contribution is 0.187. The van der Waals surface area contributed by atoms with E-state index in [0.717, 1.165) is 36.8 Å². The van der Waals surface area contributed by atoms with Crippen LogP contribution in [0, 0.1) is 6.92 Å². The molecule has 1 aromatic rings. The largest absolute Gasteiger partial charge is 0.385 e. The molecule has 0 aliphatic rings. The van der Waals surface area contributed by atoms with E-state index in [2.05, 4.69) is 15.7 Å². The zero-order valence-corrected chi connectivity index (χ0v) is 10.1. The summed E-state index contributed by atoms with van der Waals surface area (Å²) >= 11 is 1.67. The van der Waals surface area contributed by atoms with Crippen LogP contribution in [0.4, 0.5) is 0 Å². The first-order chi connectivity index (χ1) is 7.22. The van der Waals surface area contributed by atoms with Crippen molar-refractivity contribution in [3.8, 4) is 0 Å². The van der Waals surface area contributed by atoms with Crippen molar-refractivity contribution < 1.29 is 4.74 Å². The minimum absolute atomic E-state index is 0.157. The maximum Gasteiger partial charge on any atom is 0.0897 e. The zero-order valence-electron chi connectivity index (χ0n) is 9.32. The van der Waals surface area contributed by atoms with Crippen molar-refractivity contribution in [1.82, 2.24) is 10.3 Å². The third-order valence-electron chi connectivity index (χ3n) is 2.07. The number of ether oxygens (including phenoxy) is 1. The van der Waals surface area contributed by atoms with Gasteiger partial charge in [0.05, 0.1) is 10.7 Å². The summed E-state index contributed by atoms with van der Waals surface area (Å²) in [6.07, 6.45) is 0.888.